The molecule has 0 saturated carbocycles. The lowest BCUT2D eigenvalue weighted by molar-refractivity contribution is -0.0115. The summed E-state index contributed by atoms with van der Waals surface area (Å²) < 4.78 is 16.9. The predicted molar refractivity (Wildman–Crippen MR) is 74.8 cm³/mol. The SMILES string of the molecule is COc1ccc(CCN)cc1OCC1CCCCO1. The Morgan fingerprint density at radius 1 is 1.32 bits per heavy atom. The van der Waals surface area contributed by atoms with Crippen LogP contribution in [0.1, 0.15) is 24.8 Å². The maximum absolute atomic E-state index is 5.86. The van der Waals surface area contributed by atoms with Gasteiger partial charge < -0.3 is 19.9 Å². The molecular weight excluding hydrogens is 242 g/mol. The van der Waals surface area contributed by atoms with Gasteiger partial charge in [-0.15, -0.1) is 0 Å². The number of benzene rings is 1. The van der Waals surface area contributed by atoms with Gasteiger partial charge in [0.1, 0.15) is 6.61 Å². The first kappa shape index (κ1) is 14.2. The lowest BCUT2D eigenvalue weighted by atomic mass is 10.1. The highest BCUT2D eigenvalue weighted by molar-refractivity contribution is 5.43. The largest absolute Gasteiger partial charge is 0.493 e. The molecule has 2 rings (SSSR count). The summed E-state index contributed by atoms with van der Waals surface area (Å²) in [5.41, 5.74) is 6.75. The van der Waals surface area contributed by atoms with Gasteiger partial charge >= 0.3 is 0 Å². The maximum Gasteiger partial charge on any atom is 0.161 e. The number of rotatable bonds is 6. The molecule has 0 aromatic heterocycles. The molecule has 0 radical (unpaired) electrons. The van der Waals surface area contributed by atoms with Crippen LogP contribution in [0.15, 0.2) is 18.2 Å². The monoisotopic (exact) mass is 265 g/mol. The molecule has 0 amide bonds. The average Bonchev–Trinajstić information content (AvgIpc) is 2.47. The number of nitrogens with two attached hydrogens (primary N) is 1. The fraction of sp³-hybridized carbons (Fsp3) is 0.600. The van der Waals surface area contributed by atoms with Crippen molar-refractivity contribution in [3.8, 4) is 11.5 Å². The van der Waals surface area contributed by atoms with Gasteiger partial charge in [-0.2, -0.15) is 0 Å². The normalized spacial score (nSPS) is 19.2. The zero-order valence-corrected chi connectivity index (χ0v) is 11.6. The summed E-state index contributed by atoms with van der Waals surface area (Å²) in [4.78, 5) is 0. The van der Waals surface area contributed by atoms with E-state index in [2.05, 4.69) is 0 Å². The van der Waals surface area contributed by atoms with E-state index in [0.717, 1.165) is 37.4 Å². The van der Waals surface area contributed by atoms with Gasteiger partial charge in [0.15, 0.2) is 11.5 Å². The van der Waals surface area contributed by atoms with Crippen molar-refractivity contribution in [3.05, 3.63) is 23.8 Å². The third-order valence-corrected chi connectivity index (χ3v) is 3.36. The molecule has 1 aromatic carbocycles. The second-order valence-corrected chi connectivity index (χ2v) is 4.82. The summed E-state index contributed by atoms with van der Waals surface area (Å²) in [6.45, 7) is 2.07. The molecule has 1 aliphatic rings. The third-order valence-electron chi connectivity index (χ3n) is 3.36. The van der Waals surface area contributed by atoms with Crippen LogP contribution in [-0.4, -0.2) is 33.0 Å². The Kier molecular flexibility index (Phi) is 5.48. The van der Waals surface area contributed by atoms with Crippen molar-refractivity contribution in [3.63, 3.8) is 0 Å². The van der Waals surface area contributed by atoms with Gasteiger partial charge in [-0.1, -0.05) is 6.07 Å². The quantitative estimate of drug-likeness (QED) is 0.856. The van der Waals surface area contributed by atoms with Gasteiger partial charge in [0, 0.05) is 6.61 Å². The van der Waals surface area contributed by atoms with Crippen molar-refractivity contribution in [1.82, 2.24) is 0 Å². The average molecular weight is 265 g/mol. The number of hydrogen-bond acceptors (Lipinski definition) is 4. The predicted octanol–water partition coefficient (Wildman–Crippen LogP) is 2.14. The molecule has 0 aliphatic carbocycles. The van der Waals surface area contributed by atoms with E-state index in [9.17, 15) is 0 Å². The van der Waals surface area contributed by atoms with Gasteiger partial charge in [0.05, 0.1) is 13.2 Å². The zero-order chi connectivity index (χ0) is 13.5. The van der Waals surface area contributed by atoms with Crippen molar-refractivity contribution >= 4 is 0 Å². The number of hydrogen-bond donors (Lipinski definition) is 1. The second-order valence-electron chi connectivity index (χ2n) is 4.82. The van der Waals surface area contributed by atoms with E-state index in [-0.39, 0.29) is 6.10 Å². The van der Waals surface area contributed by atoms with Crippen molar-refractivity contribution in [2.45, 2.75) is 31.8 Å². The molecule has 1 fully saturated rings. The van der Waals surface area contributed by atoms with E-state index in [1.54, 1.807) is 7.11 Å². The topological polar surface area (TPSA) is 53.7 Å². The van der Waals surface area contributed by atoms with Gasteiger partial charge in [-0.05, 0) is 49.9 Å². The van der Waals surface area contributed by atoms with Crippen molar-refractivity contribution in [1.29, 1.82) is 0 Å². The molecule has 0 bridgehead atoms. The molecule has 4 nitrogen and oxygen atoms in total. The first-order chi connectivity index (χ1) is 9.33. The number of ether oxygens (including phenoxy) is 3. The second kappa shape index (κ2) is 7.36. The minimum atomic E-state index is 0.205. The standard InChI is InChI=1S/C15H23NO3/c1-17-14-6-5-12(7-8-16)10-15(14)19-11-13-4-2-3-9-18-13/h5-6,10,13H,2-4,7-9,11,16H2,1H3. The van der Waals surface area contributed by atoms with Crippen LogP contribution >= 0.6 is 0 Å². The highest BCUT2D eigenvalue weighted by atomic mass is 16.5. The molecular formula is C15H23NO3. The lowest BCUT2D eigenvalue weighted by Crippen LogP contribution is -2.25. The van der Waals surface area contributed by atoms with E-state index in [4.69, 9.17) is 19.9 Å². The van der Waals surface area contributed by atoms with E-state index in [0.29, 0.717) is 13.2 Å². The van der Waals surface area contributed by atoms with Crippen LogP contribution in [-0.2, 0) is 11.2 Å². The van der Waals surface area contributed by atoms with Gasteiger partial charge in [-0.25, -0.2) is 0 Å². The minimum Gasteiger partial charge on any atom is -0.493 e. The molecule has 1 aromatic rings. The molecule has 1 aliphatic heterocycles. The van der Waals surface area contributed by atoms with Gasteiger partial charge in [0.2, 0.25) is 0 Å². The fourth-order valence-electron chi connectivity index (χ4n) is 2.28. The third kappa shape index (κ3) is 4.11. The first-order valence-corrected chi connectivity index (χ1v) is 6.95. The molecule has 1 unspecified atom stereocenters. The Morgan fingerprint density at radius 3 is 2.89 bits per heavy atom. The smallest absolute Gasteiger partial charge is 0.161 e. The molecule has 1 saturated heterocycles. The molecule has 1 atom stereocenters. The molecule has 2 N–H and O–H groups in total. The van der Waals surface area contributed by atoms with Gasteiger partial charge in [0.25, 0.3) is 0 Å². The minimum absolute atomic E-state index is 0.205. The van der Waals surface area contributed by atoms with E-state index in [1.165, 1.54) is 12.0 Å². The van der Waals surface area contributed by atoms with Gasteiger partial charge in [-0.3, -0.25) is 0 Å². The highest BCUT2D eigenvalue weighted by Crippen LogP contribution is 2.29. The summed E-state index contributed by atoms with van der Waals surface area (Å²) in [7, 11) is 1.65. The maximum atomic E-state index is 5.86. The van der Waals surface area contributed by atoms with E-state index < -0.39 is 0 Å². The summed E-state index contributed by atoms with van der Waals surface area (Å²) in [5.74, 6) is 1.54. The Balaban J connectivity index is 1.97. The Morgan fingerprint density at radius 2 is 2.21 bits per heavy atom. The van der Waals surface area contributed by atoms with Crippen LogP contribution in [0.5, 0.6) is 11.5 Å². The Labute approximate surface area is 114 Å². The van der Waals surface area contributed by atoms with Crippen molar-refractivity contribution < 1.29 is 14.2 Å². The summed E-state index contributed by atoms with van der Waals surface area (Å²) in [5, 5.41) is 0. The van der Waals surface area contributed by atoms with Crippen LogP contribution in [0, 0.1) is 0 Å². The molecule has 0 spiro atoms. The van der Waals surface area contributed by atoms with Crippen LogP contribution in [0.4, 0.5) is 0 Å². The lowest BCUT2D eigenvalue weighted by Gasteiger charge is -2.23. The highest BCUT2D eigenvalue weighted by Gasteiger charge is 2.15. The van der Waals surface area contributed by atoms with E-state index in [1.807, 2.05) is 18.2 Å². The molecule has 106 valence electrons. The summed E-state index contributed by atoms with van der Waals surface area (Å²) in [6, 6.07) is 5.96. The number of methoxy groups -OCH3 is 1. The summed E-state index contributed by atoms with van der Waals surface area (Å²) in [6.07, 6.45) is 4.51. The van der Waals surface area contributed by atoms with Crippen molar-refractivity contribution in [2.24, 2.45) is 5.73 Å². The van der Waals surface area contributed by atoms with Crippen LogP contribution in [0.25, 0.3) is 0 Å². The molecule has 4 heteroatoms. The summed E-state index contributed by atoms with van der Waals surface area (Å²) >= 11 is 0. The fourth-order valence-corrected chi connectivity index (χ4v) is 2.28. The molecule has 1 heterocycles. The zero-order valence-electron chi connectivity index (χ0n) is 11.6. The Bertz CT molecular complexity index is 389. The van der Waals surface area contributed by atoms with Crippen molar-refractivity contribution in [2.75, 3.05) is 26.9 Å². The van der Waals surface area contributed by atoms with Crippen LogP contribution in [0.2, 0.25) is 0 Å². The van der Waals surface area contributed by atoms with Crippen LogP contribution in [0.3, 0.4) is 0 Å². The first-order valence-electron chi connectivity index (χ1n) is 6.95. The Hall–Kier alpha value is -1.26. The van der Waals surface area contributed by atoms with E-state index >= 15 is 0 Å². The molecule has 19 heavy (non-hydrogen) atoms. The van der Waals surface area contributed by atoms with Crippen LogP contribution < -0.4 is 15.2 Å².